The molecular formula is C52H50N2O10. The maximum Gasteiger partial charge on any atom is 0.308 e. The van der Waals surface area contributed by atoms with Crippen LogP contribution in [0.5, 0.6) is 34.5 Å². The number of methoxy groups -OCH3 is 2. The van der Waals surface area contributed by atoms with E-state index >= 15 is 0 Å². The van der Waals surface area contributed by atoms with Gasteiger partial charge in [0, 0.05) is 26.2 Å². The maximum atomic E-state index is 14.8. The van der Waals surface area contributed by atoms with Crippen molar-refractivity contribution in [2.45, 2.75) is 25.9 Å². The first-order valence-corrected chi connectivity index (χ1v) is 21.0. The van der Waals surface area contributed by atoms with Crippen LogP contribution in [0.15, 0.2) is 158 Å². The molecule has 0 atom stereocenters. The van der Waals surface area contributed by atoms with Crippen molar-refractivity contribution >= 4 is 23.8 Å². The number of ether oxygens (including phenoxy) is 4. The normalized spacial score (nSPS) is 16.4. The molecule has 0 unspecified atom stereocenters. The number of benzene rings is 6. The van der Waals surface area contributed by atoms with Crippen LogP contribution in [0, 0.1) is 23.7 Å². The number of rotatable bonds is 20. The van der Waals surface area contributed by atoms with Crippen molar-refractivity contribution in [1.82, 2.24) is 9.80 Å². The summed E-state index contributed by atoms with van der Waals surface area (Å²) in [6, 6.07) is 47.7. The third kappa shape index (κ3) is 11.1. The summed E-state index contributed by atoms with van der Waals surface area (Å²) in [7, 11) is 3.12. The lowest BCUT2D eigenvalue weighted by Gasteiger charge is -2.48. The van der Waals surface area contributed by atoms with Crippen LogP contribution in [0.2, 0.25) is 0 Å². The highest BCUT2D eigenvalue weighted by molar-refractivity contribution is 5.99. The van der Waals surface area contributed by atoms with E-state index in [0.717, 1.165) is 11.1 Å². The van der Waals surface area contributed by atoms with Gasteiger partial charge in [0.15, 0.2) is 0 Å². The fourth-order valence-corrected chi connectivity index (χ4v) is 8.13. The van der Waals surface area contributed by atoms with E-state index in [9.17, 15) is 29.4 Å². The van der Waals surface area contributed by atoms with Gasteiger partial charge in [-0.05, 0) is 108 Å². The molecule has 0 radical (unpaired) electrons. The van der Waals surface area contributed by atoms with Gasteiger partial charge in [-0.1, -0.05) is 84.9 Å². The van der Waals surface area contributed by atoms with Crippen LogP contribution in [0.25, 0.3) is 0 Å². The molecule has 1 saturated carbocycles. The summed E-state index contributed by atoms with van der Waals surface area (Å²) in [6.07, 6.45) is 0.742. The van der Waals surface area contributed by atoms with E-state index in [1.165, 1.54) is 9.80 Å². The zero-order valence-electron chi connectivity index (χ0n) is 35.6. The van der Waals surface area contributed by atoms with E-state index in [-0.39, 0.29) is 26.2 Å². The Balaban J connectivity index is 1.15. The van der Waals surface area contributed by atoms with E-state index < -0.39 is 47.4 Å². The Morgan fingerprint density at radius 1 is 0.422 bits per heavy atom. The Morgan fingerprint density at radius 2 is 0.766 bits per heavy atom. The molecule has 12 heteroatoms. The molecule has 0 saturated heterocycles. The standard InChI is InChI=1S/C52H50N2O10/c1-61-43-17-9-11-35(31-43)27-29-53(33-37-19-23-41(24-20-37)63-39-13-5-3-6-14-39)49(55)45-47(51(57)58)46(48(45)52(59)60)50(56)54(30-28-36-12-10-18-44(32-36)62-2)34-38-21-25-42(26-22-38)64-40-15-7-4-8-16-40/h3-26,31-32,45-48H,27-30,33-34H2,1-2H3,(H,57,58)(H,59,60)/t45-,46-,47-,48-. The van der Waals surface area contributed by atoms with Crippen LogP contribution in [0.4, 0.5) is 0 Å². The van der Waals surface area contributed by atoms with E-state index in [2.05, 4.69) is 0 Å². The van der Waals surface area contributed by atoms with Gasteiger partial charge in [-0.3, -0.25) is 19.2 Å². The number of hydrogen-bond donors (Lipinski definition) is 2. The quantitative estimate of drug-likeness (QED) is 0.0762. The van der Waals surface area contributed by atoms with Gasteiger partial charge in [0.25, 0.3) is 0 Å². The molecule has 0 spiro atoms. The highest BCUT2D eigenvalue weighted by Gasteiger charge is 2.64. The Labute approximate surface area is 372 Å². The molecule has 2 amide bonds. The molecule has 0 heterocycles. The van der Waals surface area contributed by atoms with Crippen LogP contribution in [-0.2, 0) is 45.1 Å². The minimum absolute atomic E-state index is 0.0544. The molecule has 6 aromatic carbocycles. The first kappa shape index (κ1) is 44.5. The number of carboxylic acid groups (broad SMARTS) is 2. The molecule has 0 bridgehead atoms. The average molecular weight is 863 g/mol. The third-order valence-corrected chi connectivity index (χ3v) is 11.5. The lowest BCUT2D eigenvalue weighted by molar-refractivity contribution is -0.187. The first-order valence-electron chi connectivity index (χ1n) is 21.0. The van der Waals surface area contributed by atoms with E-state index in [1.54, 1.807) is 74.9 Å². The molecule has 12 nitrogen and oxygen atoms in total. The summed E-state index contributed by atoms with van der Waals surface area (Å²) in [5, 5.41) is 21.5. The molecular weight excluding hydrogens is 813 g/mol. The number of aliphatic carboxylic acids is 2. The Morgan fingerprint density at radius 3 is 1.11 bits per heavy atom. The highest BCUT2D eigenvalue weighted by Crippen LogP contribution is 2.49. The number of amides is 2. The SMILES string of the molecule is COc1cccc(CCN(Cc2ccc(Oc3ccccc3)cc2)C(=O)[C@H]2[C@H](C(=O)O)[C@H](C(=O)N(CCc3cccc(OC)c3)Cc3ccc(Oc4ccccc4)cc3)[C@H]2C(=O)O)c1. The summed E-state index contributed by atoms with van der Waals surface area (Å²) < 4.78 is 22.7. The van der Waals surface area contributed by atoms with Gasteiger partial charge in [-0.15, -0.1) is 0 Å². The summed E-state index contributed by atoms with van der Waals surface area (Å²) >= 11 is 0. The second-order valence-electron chi connectivity index (χ2n) is 15.6. The lowest BCUT2D eigenvalue weighted by Crippen LogP contribution is -2.64. The average Bonchev–Trinajstić information content (AvgIpc) is 3.30. The van der Waals surface area contributed by atoms with Crippen molar-refractivity contribution in [2.24, 2.45) is 23.7 Å². The Kier molecular flexibility index (Phi) is 14.6. The van der Waals surface area contributed by atoms with Gasteiger partial charge in [0.05, 0.1) is 37.9 Å². The van der Waals surface area contributed by atoms with Gasteiger partial charge in [-0.25, -0.2) is 0 Å². The largest absolute Gasteiger partial charge is 0.497 e. The summed E-state index contributed by atoms with van der Waals surface area (Å²) in [6.45, 7) is 0.384. The first-order chi connectivity index (χ1) is 31.1. The van der Waals surface area contributed by atoms with Gasteiger partial charge in [0.1, 0.15) is 34.5 Å². The molecule has 0 aliphatic heterocycles. The van der Waals surface area contributed by atoms with Gasteiger partial charge >= 0.3 is 11.9 Å². The van der Waals surface area contributed by atoms with Gasteiger partial charge < -0.3 is 39.0 Å². The van der Waals surface area contributed by atoms with Crippen molar-refractivity contribution < 1.29 is 48.3 Å². The molecule has 0 aromatic heterocycles. The number of para-hydroxylation sites is 2. The van der Waals surface area contributed by atoms with Crippen molar-refractivity contribution in [3.05, 3.63) is 180 Å². The molecule has 1 aliphatic carbocycles. The van der Waals surface area contributed by atoms with Gasteiger partial charge in [0.2, 0.25) is 11.8 Å². The van der Waals surface area contributed by atoms with Crippen LogP contribution in [0.3, 0.4) is 0 Å². The second kappa shape index (κ2) is 21.0. The number of hydrogen-bond acceptors (Lipinski definition) is 8. The predicted octanol–water partition coefficient (Wildman–Crippen LogP) is 8.78. The molecule has 7 rings (SSSR count). The molecule has 328 valence electrons. The smallest absolute Gasteiger partial charge is 0.308 e. The van der Waals surface area contributed by atoms with E-state index in [4.69, 9.17) is 18.9 Å². The lowest BCUT2D eigenvalue weighted by atomic mass is 9.55. The molecule has 1 fully saturated rings. The Hall–Kier alpha value is -7.60. The van der Waals surface area contributed by atoms with Crippen LogP contribution in [0.1, 0.15) is 22.3 Å². The summed E-state index contributed by atoms with van der Waals surface area (Å²) in [4.78, 5) is 59.0. The van der Waals surface area contributed by atoms with Crippen molar-refractivity contribution in [3.63, 3.8) is 0 Å². The van der Waals surface area contributed by atoms with Crippen molar-refractivity contribution in [2.75, 3.05) is 27.3 Å². The minimum atomic E-state index is -1.59. The minimum Gasteiger partial charge on any atom is -0.497 e. The molecule has 1 aliphatic rings. The fraction of sp³-hybridized carbons (Fsp3) is 0.231. The Bertz CT molecular complexity index is 2330. The van der Waals surface area contributed by atoms with Crippen molar-refractivity contribution in [3.8, 4) is 34.5 Å². The third-order valence-electron chi connectivity index (χ3n) is 11.5. The molecule has 2 N–H and O–H groups in total. The number of carbonyl (C=O) groups excluding carboxylic acids is 2. The maximum absolute atomic E-state index is 14.8. The highest BCUT2D eigenvalue weighted by atomic mass is 16.5. The molecule has 64 heavy (non-hydrogen) atoms. The van der Waals surface area contributed by atoms with Gasteiger partial charge in [-0.2, -0.15) is 0 Å². The van der Waals surface area contributed by atoms with Crippen molar-refractivity contribution in [1.29, 1.82) is 0 Å². The monoisotopic (exact) mass is 862 g/mol. The number of nitrogens with zero attached hydrogens (tertiary/aromatic N) is 2. The van der Waals surface area contributed by atoms with E-state index in [0.29, 0.717) is 58.5 Å². The number of carbonyl (C=O) groups is 4. The van der Waals surface area contributed by atoms with Crippen LogP contribution in [-0.4, -0.2) is 71.1 Å². The fourth-order valence-electron chi connectivity index (χ4n) is 8.13. The summed E-state index contributed by atoms with van der Waals surface area (Å²) in [5.41, 5.74) is 3.16. The van der Waals surface area contributed by atoms with Crippen LogP contribution >= 0.6 is 0 Å². The topological polar surface area (TPSA) is 152 Å². The zero-order valence-corrected chi connectivity index (χ0v) is 35.6. The molecule has 6 aromatic rings. The van der Waals surface area contributed by atoms with Crippen LogP contribution < -0.4 is 18.9 Å². The summed E-state index contributed by atoms with van der Waals surface area (Å²) in [5.74, 6) is -6.63. The predicted molar refractivity (Wildman–Crippen MR) is 239 cm³/mol. The van der Waals surface area contributed by atoms with E-state index in [1.807, 2.05) is 97.1 Å². The second-order valence-corrected chi connectivity index (χ2v) is 15.6. The number of carboxylic acids is 2. The zero-order chi connectivity index (χ0) is 45.0.